The highest BCUT2D eigenvalue weighted by Gasteiger charge is 2.18. The first-order valence-corrected chi connectivity index (χ1v) is 12.3. The van der Waals surface area contributed by atoms with Gasteiger partial charge >= 0.3 is 0 Å². The Morgan fingerprint density at radius 2 is 2.06 bits per heavy atom. The minimum absolute atomic E-state index is 0.113. The van der Waals surface area contributed by atoms with Crippen molar-refractivity contribution in [1.29, 1.82) is 0 Å². The molecule has 0 saturated heterocycles. The van der Waals surface area contributed by atoms with E-state index in [1.807, 2.05) is 36.4 Å². The summed E-state index contributed by atoms with van der Waals surface area (Å²) in [7, 11) is 1.61. The van der Waals surface area contributed by atoms with Gasteiger partial charge in [0.15, 0.2) is 5.16 Å². The summed E-state index contributed by atoms with van der Waals surface area (Å²) in [5.41, 5.74) is 1.39. The van der Waals surface area contributed by atoms with Crippen molar-refractivity contribution < 1.29 is 13.9 Å². The van der Waals surface area contributed by atoms with Crippen molar-refractivity contribution >= 4 is 49.4 Å². The maximum absolute atomic E-state index is 13.5. The zero-order valence-electron chi connectivity index (χ0n) is 18.2. The van der Waals surface area contributed by atoms with Gasteiger partial charge in [-0.25, -0.2) is 9.97 Å². The van der Waals surface area contributed by atoms with E-state index in [1.165, 1.54) is 23.1 Å². The lowest BCUT2D eigenvalue weighted by Gasteiger charge is -2.12. The fraction of sp³-hybridized carbons (Fsp3) is 0.167. The number of thioether (sulfide) groups is 1. The van der Waals surface area contributed by atoms with Gasteiger partial charge in [-0.05, 0) is 42.0 Å². The molecule has 0 saturated carbocycles. The van der Waals surface area contributed by atoms with Crippen molar-refractivity contribution in [2.75, 3.05) is 12.9 Å². The number of hydrogen-bond donors (Lipinski definition) is 1. The third-order valence-electron chi connectivity index (χ3n) is 5.19. The SMILES string of the molecule is COc1ccc(Cn2c(SCC(=O)NCc3ccco3)nc3c(sc4ncccc43)c2=O)cc1. The fourth-order valence-electron chi connectivity index (χ4n) is 3.48. The maximum Gasteiger partial charge on any atom is 0.272 e. The number of thiophene rings is 1. The number of amides is 1. The minimum atomic E-state index is -0.177. The first-order valence-electron chi connectivity index (χ1n) is 10.5. The number of benzene rings is 1. The number of fused-ring (bicyclic) bond motifs is 3. The summed E-state index contributed by atoms with van der Waals surface area (Å²) in [6.45, 7) is 0.627. The summed E-state index contributed by atoms with van der Waals surface area (Å²) in [5.74, 6) is 1.35. The van der Waals surface area contributed by atoms with Gasteiger partial charge in [-0.3, -0.25) is 14.2 Å². The van der Waals surface area contributed by atoms with Crippen molar-refractivity contribution in [1.82, 2.24) is 19.9 Å². The average molecular weight is 493 g/mol. The third kappa shape index (κ3) is 4.55. The van der Waals surface area contributed by atoms with Gasteiger partial charge in [0.05, 0.1) is 37.7 Å². The van der Waals surface area contributed by atoms with E-state index < -0.39 is 0 Å². The van der Waals surface area contributed by atoms with Crippen LogP contribution in [0.5, 0.6) is 5.75 Å². The predicted octanol–water partition coefficient (Wildman–Crippen LogP) is 4.06. The first kappa shape index (κ1) is 22.2. The van der Waals surface area contributed by atoms with Crippen molar-refractivity contribution in [3.63, 3.8) is 0 Å². The monoisotopic (exact) mass is 492 g/mol. The number of rotatable bonds is 8. The fourth-order valence-corrected chi connectivity index (χ4v) is 5.34. The molecule has 0 bridgehead atoms. The van der Waals surface area contributed by atoms with Crippen LogP contribution in [0.25, 0.3) is 20.4 Å². The summed E-state index contributed by atoms with van der Waals surface area (Å²) in [6.07, 6.45) is 3.26. The van der Waals surface area contributed by atoms with Gasteiger partial charge in [0.25, 0.3) is 5.56 Å². The maximum atomic E-state index is 13.5. The van der Waals surface area contributed by atoms with Crippen LogP contribution in [-0.4, -0.2) is 33.3 Å². The van der Waals surface area contributed by atoms with Crippen molar-refractivity contribution in [3.8, 4) is 5.75 Å². The van der Waals surface area contributed by atoms with Crippen molar-refractivity contribution in [2.45, 2.75) is 18.2 Å². The van der Waals surface area contributed by atoms with Gasteiger partial charge in [-0.15, -0.1) is 11.3 Å². The molecule has 0 aliphatic carbocycles. The number of methoxy groups -OCH3 is 1. The Labute approximate surface area is 202 Å². The van der Waals surface area contributed by atoms with E-state index in [2.05, 4.69) is 10.3 Å². The van der Waals surface area contributed by atoms with Gasteiger partial charge in [-0.2, -0.15) is 0 Å². The van der Waals surface area contributed by atoms with Crippen LogP contribution >= 0.6 is 23.1 Å². The lowest BCUT2D eigenvalue weighted by atomic mass is 10.2. The molecule has 0 spiro atoms. The lowest BCUT2D eigenvalue weighted by Crippen LogP contribution is -2.26. The quantitative estimate of drug-likeness (QED) is 0.258. The number of hydrogen-bond acceptors (Lipinski definition) is 8. The Morgan fingerprint density at radius 3 is 2.82 bits per heavy atom. The first-order chi connectivity index (χ1) is 16.6. The Kier molecular flexibility index (Phi) is 6.33. The van der Waals surface area contributed by atoms with Crippen LogP contribution in [0.3, 0.4) is 0 Å². The Balaban J connectivity index is 1.47. The molecule has 0 unspecified atom stereocenters. The third-order valence-corrected chi connectivity index (χ3v) is 7.26. The number of nitrogens with zero attached hydrogens (tertiary/aromatic N) is 3. The van der Waals surface area contributed by atoms with Gasteiger partial charge in [-0.1, -0.05) is 23.9 Å². The summed E-state index contributed by atoms with van der Waals surface area (Å²) in [5, 5.41) is 4.13. The molecule has 5 aromatic rings. The molecular weight excluding hydrogens is 472 g/mol. The zero-order chi connectivity index (χ0) is 23.5. The molecule has 0 fully saturated rings. The summed E-state index contributed by atoms with van der Waals surface area (Å²) in [4.78, 5) is 35.9. The minimum Gasteiger partial charge on any atom is -0.497 e. The molecule has 1 aromatic carbocycles. The second-order valence-corrected chi connectivity index (χ2v) is 9.36. The summed E-state index contributed by atoms with van der Waals surface area (Å²) < 4.78 is 12.6. The molecule has 5 rings (SSSR count). The number of pyridine rings is 1. The highest BCUT2D eigenvalue weighted by Crippen LogP contribution is 2.30. The lowest BCUT2D eigenvalue weighted by molar-refractivity contribution is -0.118. The second kappa shape index (κ2) is 9.70. The van der Waals surface area contributed by atoms with Gasteiger partial charge in [0.1, 0.15) is 21.0 Å². The van der Waals surface area contributed by atoms with Crippen molar-refractivity contribution in [3.05, 3.63) is 82.7 Å². The molecule has 0 aliphatic rings. The Morgan fingerprint density at radius 1 is 1.21 bits per heavy atom. The van der Waals surface area contributed by atoms with E-state index in [-0.39, 0.29) is 17.2 Å². The molecule has 1 amide bonds. The molecule has 0 radical (unpaired) electrons. The van der Waals surface area contributed by atoms with E-state index in [9.17, 15) is 9.59 Å². The van der Waals surface area contributed by atoms with Crippen molar-refractivity contribution in [2.24, 2.45) is 0 Å². The number of carbonyl (C=O) groups is 1. The highest BCUT2D eigenvalue weighted by molar-refractivity contribution is 7.99. The molecule has 172 valence electrons. The smallest absolute Gasteiger partial charge is 0.272 e. The molecule has 4 aromatic heterocycles. The van der Waals surface area contributed by atoms with Crippen LogP contribution in [-0.2, 0) is 17.9 Å². The molecule has 1 N–H and O–H groups in total. The van der Waals surface area contributed by atoms with Gasteiger partial charge < -0.3 is 14.5 Å². The highest BCUT2D eigenvalue weighted by atomic mass is 32.2. The molecule has 8 nitrogen and oxygen atoms in total. The molecule has 10 heteroatoms. The Hall–Kier alpha value is -3.63. The molecule has 0 aliphatic heterocycles. The van der Waals surface area contributed by atoms with E-state index in [0.717, 1.165) is 21.5 Å². The summed E-state index contributed by atoms with van der Waals surface area (Å²) in [6, 6.07) is 14.8. The van der Waals surface area contributed by atoms with Crippen LogP contribution < -0.4 is 15.6 Å². The normalized spacial score (nSPS) is 11.2. The average Bonchev–Trinajstić information content (AvgIpc) is 3.52. The zero-order valence-corrected chi connectivity index (χ0v) is 19.8. The number of nitrogens with one attached hydrogen (secondary N) is 1. The standard InChI is InChI=1S/C24H20N4O4S2/c1-31-16-8-6-15(7-9-16)13-28-23(30)21-20(18-5-2-10-25-22(18)34-21)27-24(28)33-14-19(29)26-12-17-4-3-11-32-17/h2-11H,12-14H2,1H3,(H,26,29). The molecule has 34 heavy (non-hydrogen) atoms. The van der Waals surface area contributed by atoms with E-state index in [4.69, 9.17) is 14.1 Å². The van der Waals surface area contributed by atoms with Crippen LogP contribution in [0.1, 0.15) is 11.3 Å². The number of furan rings is 1. The largest absolute Gasteiger partial charge is 0.497 e. The molecule has 0 atom stereocenters. The van der Waals surface area contributed by atoms with E-state index in [1.54, 1.807) is 36.3 Å². The Bertz CT molecular complexity index is 1510. The number of carbonyl (C=O) groups excluding carboxylic acids is 1. The van der Waals surface area contributed by atoms with Gasteiger partial charge in [0, 0.05) is 11.6 Å². The predicted molar refractivity (Wildman–Crippen MR) is 133 cm³/mol. The van der Waals surface area contributed by atoms with Crippen LogP contribution in [0.4, 0.5) is 0 Å². The number of aromatic nitrogens is 3. The van der Waals surface area contributed by atoms with Crippen LogP contribution in [0.2, 0.25) is 0 Å². The van der Waals surface area contributed by atoms with Crippen LogP contribution in [0, 0.1) is 0 Å². The van der Waals surface area contributed by atoms with E-state index >= 15 is 0 Å². The second-order valence-electron chi connectivity index (χ2n) is 7.41. The number of ether oxygens (including phenoxy) is 1. The van der Waals surface area contributed by atoms with Gasteiger partial charge in [0.2, 0.25) is 5.91 Å². The molecule has 4 heterocycles. The summed E-state index contributed by atoms with van der Waals surface area (Å²) >= 11 is 2.56. The topological polar surface area (TPSA) is 99.2 Å². The molecular formula is C24H20N4O4S2. The van der Waals surface area contributed by atoms with Crippen LogP contribution in [0.15, 0.2) is 75.4 Å². The van der Waals surface area contributed by atoms with E-state index in [0.29, 0.717) is 34.2 Å².